The third-order valence-electron chi connectivity index (χ3n) is 7.44. The number of aryl methyl sites for hydroxylation is 1. The number of hydrogen-bond donors (Lipinski definition) is 4. The minimum absolute atomic E-state index is 0.174. The first kappa shape index (κ1) is 31.4. The summed E-state index contributed by atoms with van der Waals surface area (Å²) in [5.74, 6) is -0.669. The van der Waals surface area contributed by atoms with Crippen LogP contribution in [0.25, 0.3) is 0 Å². The highest BCUT2D eigenvalue weighted by Crippen LogP contribution is 2.40. The van der Waals surface area contributed by atoms with Crippen LogP contribution in [0.2, 0.25) is 5.02 Å². The summed E-state index contributed by atoms with van der Waals surface area (Å²) in [7, 11) is 0. The second-order valence-electron chi connectivity index (χ2n) is 10.9. The maximum Gasteiger partial charge on any atom is 0.315 e. The average Bonchev–Trinajstić information content (AvgIpc) is 3.30. The van der Waals surface area contributed by atoms with E-state index in [0.717, 1.165) is 22.3 Å². The number of nitrogens with zero attached hydrogens (tertiary/aromatic N) is 1. The Balaban J connectivity index is 1.48. The second kappa shape index (κ2) is 14.1. The minimum Gasteiger partial charge on any atom is -0.381 e. The SMILES string of the molecule is Cc1ccccc1CNC(=O)C1N(C(=O)C(O)C(Cc2ccccc2)NC(=O)NCc2ccccc2Cl)CSC1(C)C. The van der Waals surface area contributed by atoms with Crippen molar-refractivity contribution in [2.24, 2.45) is 0 Å². The van der Waals surface area contributed by atoms with E-state index in [1.165, 1.54) is 16.7 Å². The predicted molar refractivity (Wildman–Crippen MR) is 167 cm³/mol. The predicted octanol–water partition coefficient (Wildman–Crippen LogP) is 4.42. The summed E-state index contributed by atoms with van der Waals surface area (Å²) in [4.78, 5) is 41.6. The maximum absolute atomic E-state index is 13.8. The first-order valence-electron chi connectivity index (χ1n) is 13.8. The Morgan fingerprint density at radius 2 is 1.57 bits per heavy atom. The van der Waals surface area contributed by atoms with Gasteiger partial charge in [0.1, 0.15) is 6.04 Å². The van der Waals surface area contributed by atoms with Gasteiger partial charge in [0.2, 0.25) is 5.91 Å². The van der Waals surface area contributed by atoms with Crippen molar-refractivity contribution in [3.05, 3.63) is 106 Å². The zero-order chi connectivity index (χ0) is 30.3. The van der Waals surface area contributed by atoms with Crippen LogP contribution < -0.4 is 16.0 Å². The Labute approximate surface area is 256 Å². The van der Waals surface area contributed by atoms with Crippen LogP contribution >= 0.6 is 23.4 Å². The number of aliphatic hydroxyl groups excluding tert-OH is 1. The molecule has 10 heteroatoms. The molecular formula is C32H37ClN4O4S. The number of benzene rings is 3. The van der Waals surface area contributed by atoms with Gasteiger partial charge in [0.05, 0.1) is 11.9 Å². The van der Waals surface area contributed by atoms with Crippen molar-refractivity contribution in [3.8, 4) is 0 Å². The largest absolute Gasteiger partial charge is 0.381 e. The molecule has 222 valence electrons. The van der Waals surface area contributed by atoms with Gasteiger partial charge in [0.15, 0.2) is 6.10 Å². The Bertz CT molecular complexity index is 1400. The molecule has 1 heterocycles. The lowest BCUT2D eigenvalue weighted by Crippen LogP contribution is -2.59. The minimum atomic E-state index is -1.59. The lowest BCUT2D eigenvalue weighted by Gasteiger charge is -2.33. The molecule has 3 aromatic carbocycles. The molecule has 0 spiro atoms. The first-order chi connectivity index (χ1) is 20.1. The van der Waals surface area contributed by atoms with Crippen LogP contribution in [0.1, 0.15) is 36.1 Å². The molecular weight excluding hydrogens is 572 g/mol. The highest BCUT2D eigenvalue weighted by molar-refractivity contribution is 8.00. The van der Waals surface area contributed by atoms with Gasteiger partial charge in [-0.15, -0.1) is 11.8 Å². The number of amides is 4. The Morgan fingerprint density at radius 1 is 0.952 bits per heavy atom. The monoisotopic (exact) mass is 608 g/mol. The van der Waals surface area contributed by atoms with Crippen molar-refractivity contribution in [2.75, 3.05) is 5.88 Å². The van der Waals surface area contributed by atoms with Gasteiger partial charge < -0.3 is 26.0 Å². The molecule has 0 saturated carbocycles. The molecule has 0 radical (unpaired) electrons. The summed E-state index contributed by atoms with van der Waals surface area (Å²) < 4.78 is -0.583. The summed E-state index contributed by atoms with van der Waals surface area (Å²) in [5, 5.41) is 20.4. The molecule has 3 unspecified atom stereocenters. The van der Waals surface area contributed by atoms with Crippen LogP contribution in [0.4, 0.5) is 4.79 Å². The summed E-state index contributed by atoms with van der Waals surface area (Å²) in [6.07, 6.45) is -1.38. The Hall–Kier alpha value is -3.53. The van der Waals surface area contributed by atoms with Gasteiger partial charge >= 0.3 is 6.03 Å². The van der Waals surface area contributed by atoms with E-state index in [4.69, 9.17) is 11.6 Å². The second-order valence-corrected chi connectivity index (χ2v) is 12.9. The molecule has 0 bridgehead atoms. The molecule has 42 heavy (non-hydrogen) atoms. The van der Waals surface area contributed by atoms with Crippen LogP contribution in [-0.2, 0) is 29.1 Å². The number of nitrogens with one attached hydrogen (secondary N) is 3. The third kappa shape index (κ3) is 7.85. The molecule has 1 fully saturated rings. The Kier molecular flexibility index (Phi) is 10.5. The van der Waals surface area contributed by atoms with E-state index < -0.39 is 34.9 Å². The molecule has 4 amide bonds. The van der Waals surface area contributed by atoms with Crippen molar-refractivity contribution < 1.29 is 19.5 Å². The molecule has 4 rings (SSSR count). The van der Waals surface area contributed by atoms with Gasteiger partial charge in [-0.25, -0.2) is 4.79 Å². The van der Waals surface area contributed by atoms with E-state index in [2.05, 4.69) is 16.0 Å². The van der Waals surface area contributed by atoms with E-state index in [1.54, 1.807) is 18.2 Å². The van der Waals surface area contributed by atoms with E-state index in [-0.39, 0.29) is 24.7 Å². The van der Waals surface area contributed by atoms with E-state index in [0.29, 0.717) is 11.6 Å². The lowest BCUT2D eigenvalue weighted by molar-refractivity contribution is -0.147. The number of hydrogen-bond acceptors (Lipinski definition) is 5. The molecule has 4 N–H and O–H groups in total. The van der Waals surface area contributed by atoms with Crippen LogP contribution in [0, 0.1) is 6.92 Å². The zero-order valence-corrected chi connectivity index (χ0v) is 25.5. The van der Waals surface area contributed by atoms with Gasteiger partial charge in [-0.05, 0) is 55.5 Å². The van der Waals surface area contributed by atoms with Gasteiger partial charge in [0.25, 0.3) is 5.91 Å². The van der Waals surface area contributed by atoms with E-state index in [1.807, 2.05) is 81.4 Å². The molecule has 0 aromatic heterocycles. The molecule has 1 aliphatic heterocycles. The number of aliphatic hydroxyl groups is 1. The molecule has 3 atom stereocenters. The van der Waals surface area contributed by atoms with Crippen molar-refractivity contribution in [1.29, 1.82) is 0 Å². The first-order valence-corrected chi connectivity index (χ1v) is 15.2. The zero-order valence-electron chi connectivity index (χ0n) is 24.0. The van der Waals surface area contributed by atoms with Crippen molar-refractivity contribution in [3.63, 3.8) is 0 Å². The van der Waals surface area contributed by atoms with E-state index in [9.17, 15) is 19.5 Å². The number of thioether (sulfide) groups is 1. The Morgan fingerprint density at radius 3 is 2.26 bits per heavy atom. The van der Waals surface area contributed by atoms with Gasteiger partial charge in [-0.3, -0.25) is 9.59 Å². The highest BCUT2D eigenvalue weighted by Gasteiger charge is 2.49. The topological polar surface area (TPSA) is 111 Å². The standard InChI is InChI=1S/C32H37ClN4O4S/c1-21-11-7-8-14-23(21)18-34-29(39)28-32(2,3)42-20-37(28)30(40)27(38)26(17-22-12-5-4-6-13-22)36-31(41)35-19-24-15-9-10-16-25(24)33/h4-16,26-28,38H,17-20H2,1-3H3,(H,34,39)(H2,35,36,41). The number of carbonyl (C=O) groups is 3. The fourth-order valence-corrected chi connectivity index (χ4v) is 6.33. The maximum atomic E-state index is 13.8. The summed E-state index contributed by atoms with van der Waals surface area (Å²) in [6.45, 7) is 6.31. The number of rotatable bonds is 10. The number of halogens is 1. The van der Waals surface area contributed by atoms with E-state index >= 15 is 0 Å². The summed E-state index contributed by atoms with van der Waals surface area (Å²) in [5.41, 5.74) is 3.62. The van der Waals surface area contributed by atoms with Crippen LogP contribution in [0.5, 0.6) is 0 Å². The van der Waals surface area contributed by atoms with Crippen molar-refractivity contribution >= 4 is 41.2 Å². The quantitative estimate of drug-likeness (QED) is 0.272. The molecule has 0 aliphatic carbocycles. The smallest absolute Gasteiger partial charge is 0.315 e. The lowest BCUT2D eigenvalue weighted by atomic mass is 9.97. The number of urea groups is 1. The van der Waals surface area contributed by atoms with Crippen molar-refractivity contribution in [1.82, 2.24) is 20.9 Å². The molecule has 1 aliphatic rings. The average molecular weight is 609 g/mol. The fourth-order valence-electron chi connectivity index (χ4n) is 4.99. The summed E-state index contributed by atoms with van der Waals surface area (Å²) in [6, 6.07) is 22.0. The van der Waals surface area contributed by atoms with Gasteiger partial charge in [-0.2, -0.15) is 0 Å². The van der Waals surface area contributed by atoms with Crippen LogP contribution in [0.3, 0.4) is 0 Å². The molecule has 1 saturated heterocycles. The van der Waals surface area contributed by atoms with Crippen LogP contribution in [0.15, 0.2) is 78.9 Å². The van der Waals surface area contributed by atoms with Gasteiger partial charge in [0, 0.05) is 22.9 Å². The summed E-state index contributed by atoms with van der Waals surface area (Å²) >= 11 is 7.69. The highest BCUT2D eigenvalue weighted by atomic mass is 35.5. The normalized spacial score (nSPS) is 17.3. The fraction of sp³-hybridized carbons (Fsp3) is 0.344. The third-order valence-corrected chi connectivity index (χ3v) is 9.18. The molecule has 3 aromatic rings. The van der Waals surface area contributed by atoms with Crippen LogP contribution in [-0.4, -0.2) is 56.7 Å². The van der Waals surface area contributed by atoms with Gasteiger partial charge in [-0.1, -0.05) is 84.4 Å². The molecule has 8 nitrogen and oxygen atoms in total. The number of carbonyl (C=O) groups excluding carboxylic acids is 3. The van der Waals surface area contributed by atoms with Crippen molar-refractivity contribution in [2.45, 2.75) is 63.2 Å².